The molecular formula is C24H42N2O8Si. The number of rotatable bonds is 9. The van der Waals surface area contributed by atoms with Crippen LogP contribution in [0.1, 0.15) is 47.1 Å². The molecule has 0 fully saturated rings. The van der Waals surface area contributed by atoms with Crippen LogP contribution in [0.4, 0.5) is 4.79 Å². The van der Waals surface area contributed by atoms with Crippen molar-refractivity contribution in [3.8, 4) is 0 Å². The Hall–Kier alpha value is -2.50. The van der Waals surface area contributed by atoms with Crippen molar-refractivity contribution in [2.24, 2.45) is 0 Å². The molecule has 1 aromatic rings. The van der Waals surface area contributed by atoms with E-state index in [1.54, 1.807) is 20.8 Å². The van der Waals surface area contributed by atoms with Gasteiger partial charge in [0.15, 0.2) is 21.5 Å². The molecule has 0 saturated heterocycles. The normalized spacial score (nSPS) is 13.5. The zero-order valence-corrected chi connectivity index (χ0v) is 23.7. The number of hydrogen-bond acceptors (Lipinski definition) is 8. The summed E-state index contributed by atoms with van der Waals surface area (Å²) in [7, 11) is 0.0380. The number of carbonyl (C=O) groups excluding carboxylic acids is 2. The van der Waals surface area contributed by atoms with Crippen LogP contribution >= 0.6 is 0 Å². The minimum Gasteiger partial charge on any atom is -0.467 e. The van der Waals surface area contributed by atoms with Crippen molar-refractivity contribution < 1.29 is 33.1 Å². The summed E-state index contributed by atoms with van der Waals surface area (Å²) in [5, 5.41) is 11.5. The van der Waals surface area contributed by atoms with Crippen LogP contribution in [0.2, 0.25) is 18.1 Å². The minimum absolute atomic E-state index is 0.0326. The summed E-state index contributed by atoms with van der Waals surface area (Å²) >= 11 is 0. The summed E-state index contributed by atoms with van der Waals surface area (Å²) in [4.78, 5) is 33.4. The number of hydrogen-bond donors (Lipinski definition) is 1. The van der Waals surface area contributed by atoms with Gasteiger partial charge in [-0.1, -0.05) is 51.1 Å². The molecule has 0 aliphatic carbocycles. The predicted molar refractivity (Wildman–Crippen MR) is 136 cm³/mol. The highest BCUT2D eigenvalue weighted by Gasteiger charge is 2.40. The third-order valence-electron chi connectivity index (χ3n) is 5.20. The second-order valence-electron chi connectivity index (χ2n) is 10.5. The first-order chi connectivity index (χ1) is 15.9. The third kappa shape index (κ3) is 13.8. The van der Waals surface area contributed by atoms with Gasteiger partial charge < -0.3 is 24.0 Å². The predicted octanol–water partition coefficient (Wildman–Crippen LogP) is 4.55. The zero-order valence-electron chi connectivity index (χ0n) is 22.7. The average Bonchev–Trinajstić information content (AvgIpc) is 2.69. The smallest absolute Gasteiger partial charge is 0.408 e. The van der Waals surface area contributed by atoms with Crippen LogP contribution in [-0.2, 0) is 30.0 Å². The third-order valence-corrected chi connectivity index (χ3v) is 9.70. The maximum absolute atomic E-state index is 12.6. The van der Waals surface area contributed by atoms with Crippen molar-refractivity contribution in [2.45, 2.75) is 84.0 Å². The van der Waals surface area contributed by atoms with Crippen molar-refractivity contribution in [1.82, 2.24) is 5.32 Å². The van der Waals surface area contributed by atoms with Gasteiger partial charge in [0, 0.05) is 4.92 Å². The van der Waals surface area contributed by atoms with Gasteiger partial charge >= 0.3 is 12.1 Å². The second kappa shape index (κ2) is 14.2. The Kier molecular flexibility index (Phi) is 13.1. The van der Waals surface area contributed by atoms with Gasteiger partial charge in [0.1, 0.15) is 5.60 Å². The van der Waals surface area contributed by atoms with Crippen LogP contribution in [0.3, 0.4) is 0 Å². The second-order valence-corrected chi connectivity index (χ2v) is 15.3. The first-order valence-corrected chi connectivity index (χ1v) is 14.2. The Morgan fingerprint density at radius 2 is 1.60 bits per heavy atom. The highest BCUT2D eigenvalue weighted by Crippen LogP contribution is 2.36. The Morgan fingerprint density at radius 1 is 1.09 bits per heavy atom. The van der Waals surface area contributed by atoms with Crippen LogP contribution in [0.5, 0.6) is 0 Å². The fraction of sp³-hybridized carbons (Fsp3) is 0.667. The van der Waals surface area contributed by atoms with Gasteiger partial charge in [0.25, 0.3) is 0 Å². The molecule has 11 heteroatoms. The van der Waals surface area contributed by atoms with Gasteiger partial charge in [0.05, 0.1) is 26.4 Å². The molecule has 0 heterocycles. The SMILES string of the molecule is COC(=O)[C@@H](OCc1ccccc1)[C@@H](CO[Si](C)(C)C(C)(C)C)NC(=O)OC(C)(C)C.C[N+](=O)[O-]. The molecule has 1 N–H and O–H groups in total. The minimum atomic E-state index is -2.14. The summed E-state index contributed by atoms with van der Waals surface area (Å²) in [6.45, 7) is 16.2. The topological polar surface area (TPSA) is 126 Å². The van der Waals surface area contributed by atoms with Crippen LogP contribution in [0, 0.1) is 10.1 Å². The zero-order chi connectivity index (χ0) is 27.4. The van der Waals surface area contributed by atoms with E-state index >= 15 is 0 Å². The molecule has 200 valence electrons. The first-order valence-electron chi connectivity index (χ1n) is 11.3. The van der Waals surface area contributed by atoms with Gasteiger partial charge in [-0.2, -0.15) is 0 Å². The van der Waals surface area contributed by atoms with Gasteiger partial charge in [-0.25, -0.2) is 9.59 Å². The molecule has 35 heavy (non-hydrogen) atoms. The van der Waals surface area contributed by atoms with E-state index in [2.05, 4.69) is 39.2 Å². The van der Waals surface area contributed by atoms with Crippen molar-refractivity contribution >= 4 is 20.4 Å². The lowest BCUT2D eigenvalue weighted by atomic mass is 10.1. The Morgan fingerprint density at radius 3 is 2.03 bits per heavy atom. The quantitative estimate of drug-likeness (QED) is 0.220. The summed E-state index contributed by atoms with van der Waals surface area (Å²) < 4.78 is 22.6. The molecule has 0 radical (unpaired) electrons. The molecule has 1 amide bonds. The Labute approximate surface area is 209 Å². The monoisotopic (exact) mass is 514 g/mol. The number of nitrogens with zero attached hydrogens (tertiary/aromatic N) is 1. The van der Waals surface area contributed by atoms with Crippen LogP contribution < -0.4 is 5.32 Å². The van der Waals surface area contributed by atoms with E-state index in [1.807, 2.05) is 30.3 Å². The molecule has 1 rings (SSSR count). The van der Waals surface area contributed by atoms with Crippen molar-refractivity contribution in [2.75, 3.05) is 20.8 Å². The lowest BCUT2D eigenvalue weighted by Gasteiger charge is -2.38. The number of methoxy groups -OCH3 is 1. The lowest BCUT2D eigenvalue weighted by molar-refractivity contribution is -0.445. The van der Waals surface area contributed by atoms with Gasteiger partial charge in [-0.15, -0.1) is 0 Å². The molecule has 0 aromatic heterocycles. The number of benzene rings is 1. The van der Waals surface area contributed by atoms with E-state index in [4.69, 9.17) is 28.8 Å². The highest BCUT2D eigenvalue weighted by molar-refractivity contribution is 6.74. The van der Waals surface area contributed by atoms with Crippen LogP contribution in [0.15, 0.2) is 30.3 Å². The molecule has 0 saturated carbocycles. The largest absolute Gasteiger partial charge is 0.467 e. The van der Waals surface area contributed by atoms with E-state index in [0.29, 0.717) is 0 Å². The molecule has 2 atom stereocenters. The Balaban J connectivity index is 0.00000267. The molecule has 0 aliphatic heterocycles. The fourth-order valence-corrected chi connectivity index (χ4v) is 3.43. The molecule has 0 spiro atoms. The molecule has 0 unspecified atom stereocenters. The van der Waals surface area contributed by atoms with Crippen LogP contribution in [0.25, 0.3) is 0 Å². The molecule has 10 nitrogen and oxygen atoms in total. The standard InChI is InChI=1S/C23H39NO6Si.CH3NO2/c1-22(2,3)30-21(26)24-18(16-29-31(8,9)23(4,5)6)19(20(25)27-7)28-15-17-13-11-10-12-14-17;1-2(3)4/h10-14,18-19H,15-16H2,1-9H3,(H,24,26);1H3/t18-,19+;/m1./s1. The number of ether oxygens (including phenoxy) is 3. The molecule has 0 aliphatic rings. The van der Waals surface area contributed by atoms with Crippen LogP contribution in [-0.4, -0.2) is 63.8 Å². The van der Waals surface area contributed by atoms with Gasteiger partial charge in [-0.05, 0) is 44.5 Å². The number of nitro groups is 1. The summed E-state index contributed by atoms with van der Waals surface area (Å²) in [6, 6.07) is 8.71. The van der Waals surface area contributed by atoms with E-state index in [1.165, 1.54) is 7.11 Å². The number of esters is 1. The maximum atomic E-state index is 12.6. The number of carbonyl (C=O) groups is 2. The lowest BCUT2D eigenvalue weighted by Crippen LogP contribution is -2.54. The average molecular weight is 515 g/mol. The first kappa shape index (κ1) is 32.5. The van der Waals surface area contributed by atoms with E-state index in [-0.39, 0.29) is 18.3 Å². The fourth-order valence-electron chi connectivity index (χ4n) is 2.40. The Bertz CT molecular complexity index is 800. The van der Waals surface area contributed by atoms with E-state index in [0.717, 1.165) is 12.6 Å². The maximum Gasteiger partial charge on any atom is 0.408 e. The van der Waals surface area contributed by atoms with Gasteiger partial charge in [-0.3, -0.25) is 10.1 Å². The number of alkyl carbamates (subject to hydrolysis) is 1. The summed E-state index contributed by atoms with van der Waals surface area (Å²) in [5.74, 6) is -0.587. The van der Waals surface area contributed by atoms with E-state index < -0.39 is 43.1 Å². The number of nitrogens with one attached hydrogen (secondary N) is 1. The summed E-state index contributed by atoms with van der Waals surface area (Å²) in [5.41, 5.74) is 0.221. The molecule has 1 aromatic carbocycles. The van der Waals surface area contributed by atoms with Crippen molar-refractivity contribution in [1.29, 1.82) is 0 Å². The van der Waals surface area contributed by atoms with Crippen molar-refractivity contribution in [3.05, 3.63) is 46.0 Å². The van der Waals surface area contributed by atoms with E-state index in [9.17, 15) is 9.59 Å². The molecular weight excluding hydrogens is 472 g/mol. The molecule has 0 bridgehead atoms. The van der Waals surface area contributed by atoms with Gasteiger partial charge in [0.2, 0.25) is 0 Å². The summed E-state index contributed by atoms with van der Waals surface area (Å²) in [6.07, 6.45) is -1.70. The number of amides is 1. The van der Waals surface area contributed by atoms with Crippen molar-refractivity contribution in [3.63, 3.8) is 0 Å². The highest BCUT2D eigenvalue weighted by atomic mass is 28.4.